The summed E-state index contributed by atoms with van der Waals surface area (Å²) in [5.74, 6) is 0.921. The summed E-state index contributed by atoms with van der Waals surface area (Å²) in [5.41, 5.74) is 6.90. The highest BCUT2D eigenvalue weighted by Crippen LogP contribution is 2.19. The zero-order valence-corrected chi connectivity index (χ0v) is 10.3. The van der Waals surface area contributed by atoms with E-state index in [1.807, 2.05) is 42.0 Å². The van der Waals surface area contributed by atoms with Gasteiger partial charge in [-0.2, -0.15) is 0 Å². The van der Waals surface area contributed by atoms with E-state index in [2.05, 4.69) is 4.98 Å². The molecule has 5 nitrogen and oxygen atoms in total. The zero-order chi connectivity index (χ0) is 13.1. The molecule has 1 amide bonds. The number of primary amides is 1. The van der Waals surface area contributed by atoms with E-state index < -0.39 is 6.09 Å². The molecule has 0 saturated heterocycles. The van der Waals surface area contributed by atoms with Crippen LogP contribution in [0.25, 0.3) is 5.69 Å². The van der Waals surface area contributed by atoms with Crippen LogP contribution in [0.2, 0.25) is 0 Å². The Hall–Kier alpha value is -2.30. The maximum Gasteiger partial charge on any atom is 0.405 e. The minimum absolute atomic E-state index is 0.347. The molecule has 0 saturated carbocycles. The fourth-order valence-corrected chi connectivity index (χ4v) is 1.80. The van der Waals surface area contributed by atoms with Gasteiger partial charge in [-0.05, 0) is 31.5 Å². The van der Waals surface area contributed by atoms with Gasteiger partial charge in [-0.25, -0.2) is 9.78 Å². The molecule has 2 aromatic rings. The monoisotopic (exact) mass is 245 g/mol. The minimum Gasteiger partial charge on any atom is -0.442 e. The number of carbonyl (C=O) groups is 1. The van der Waals surface area contributed by atoms with Crippen LogP contribution < -0.4 is 5.73 Å². The second kappa shape index (κ2) is 4.91. The number of nitrogens with two attached hydrogens (primary N) is 1. The molecule has 0 bridgehead atoms. The van der Waals surface area contributed by atoms with Gasteiger partial charge in [0.1, 0.15) is 11.9 Å². The van der Waals surface area contributed by atoms with E-state index in [4.69, 9.17) is 10.5 Å². The van der Waals surface area contributed by atoms with Crippen molar-refractivity contribution in [2.24, 2.45) is 5.73 Å². The number of rotatable bonds is 3. The third kappa shape index (κ3) is 2.51. The lowest BCUT2D eigenvalue weighted by molar-refractivity contribution is 0.116. The predicted octanol–water partition coefficient (Wildman–Crippen LogP) is 2.34. The second-order valence-electron chi connectivity index (χ2n) is 4.02. The molecule has 1 heterocycles. The summed E-state index contributed by atoms with van der Waals surface area (Å²) in [4.78, 5) is 14.8. The first-order chi connectivity index (χ1) is 8.58. The highest BCUT2D eigenvalue weighted by molar-refractivity contribution is 5.65. The fourth-order valence-electron chi connectivity index (χ4n) is 1.80. The predicted molar refractivity (Wildman–Crippen MR) is 67.4 cm³/mol. The lowest BCUT2D eigenvalue weighted by Gasteiger charge is -2.12. The van der Waals surface area contributed by atoms with Gasteiger partial charge < -0.3 is 15.0 Å². The smallest absolute Gasteiger partial charge is 0.405 e. The van der Waals surface area contributed by atoms with Gasteiger partial charge in [-0.3, -0.25) is 0 Å². The van der Waals surface area contributed by atoms with Crippen molar-refractivity contribution in [2.75, 3.05) is 0 Å². The van der Waals surface area contributed by atoms with Gasteiger partial charge >= 0.3 is 6.09 Å². The number of aromatic nitrogens is 2. The Bertz CT molecular complexity index is 546. The number of nitrogens with zero attached hydrogens (tertiary/aromatic N) is 2. The van der Waals surface area contributed by atoms with E-state index in [1.54, 1.807) is 13.1 Å². The average molecular weight is 245 g/mol. The Morgan fingerprint density at radius 2 is 2.06 bits per heavy atom. The van der Waals surface area contributed by atoms with Crippen LogP contribution in [0, 0.1) is 6.92 Å². The van der Waals surface area contributed by atoms with Crippen molar-refractivity contribution >= 4 is 6.09 Å². The molecule has 0 spiro atoms. The number of imidazole rings is 1. The maximum absolute atomic E-state index is 10.7. The van der Waals surface area contributed by atoms with Crippen molar-refractivity contribution in [3.8, 4) is 5.69 Å². The Kier molecular flexibility index (Phi) is 3.32. The van der Waals surface area contributed by atoms with Gasteiger partial charge in [0.05, 0.1) is 0 Å². The van der Waals surface area contributed by atoms with Crippen molar-refractivity contribution in [1.29, 1.82) is 0 Å². The molecule has 0 fully saturated rings. The van der Waals surface area contributed by atoms with Gasteiger partial charge in [-0.15, -0.1) is 0 Å². The van der Waals surface area contributed by atoms with Crippen LogP contribution >= 0.6 is 0 Å². The first-order valence-electron chi connectivity index (χ1n) is 5.64. The summed E-state index contributed by atoms with van der Waals surface area (Å²) >= 11 is 0. The summed E-state index contributed by atoms with van der Waals surface area (Å²) < 4.78 is 6.89. The van der Waals surface area contributed by atoms with Crippen molar-refractivity contribution in [2.45, 2.75) is 20.0 Å². The van der Waals surface area contributed by atoms with E-state index in [-0.39, 0.29) is 6.10 Å². The zero-order valence-electron chi connectivity index (χ0n) is 10.3. The van der Waals surface area contributed by atoms with Gasteiger partial charge in [0.2, 0.25) is 0 Å². The van der Waals surface area contributed by atoms with Crippen LogP contribution in [0.3, 0.4) is 0 Å². The van der Waals surface area contributed by atoms with Crippen LogP contribution in [-0.2, 0) is 4.74 Å². The highest BCUT2D eigenvalue weighted by Gasteiger charge is 2.09. The molecule has 0 radical (unpaired) electrons. The standard InChI is InChI=1S/C13H15N3O2/c1-9(18-13(14)17)11-3-5-12(6-4-11)16-8-7-15-10(16)2/h3-9H,1-2H3,(H2,14,17). The molecule has 18 heavy (non-hydrogen) atoms. The number of amides is 1. The van der Waals surface area contributed by atoms with Crippen LogP contribution in [0.15, 0.2) is 36.7 Å². The third-order valence-corrected chi connectivity index (χ3v) is 2.76. The first kappa shape index (κ1) is 12.2. The summed E-state index contributed by atoms with van der Waals surface area (Å²) in [7, 11) is 0. The summed E-state index contributed by atoms with van der Waals surface area (Å²) in [6.07, 6.45) is 2.54. The number of ether oxygens (including phenoxy) is 1. The first-order valence-corrected chi connectivity index (χ1v) is 5.64. The quantitative estimate of drug-likeness (QED) is 0.902. The Labute approximate surface area is 105 Å². The number of benzene rings is 1. The van der Waals surface area contributed by atoms with Gasteiger partial charge in [0, 0.05) is 18.1 Å². The molecule has 0 aliphatic heterocycles. The van der Waals surface area contributed by atoms with E-state index in [9.17, 15) is 4.79 Å². The molecular weight excluding hydrogens is 230 g/mol. The van der Waals surface area contributed by atoms with Crippen molar-refractivity contribution in [3.63, 3.8) is 0 Å². The number of hydrogen-bond donors (Lipinski definition) is 1. The fraction of sp³-hybridized carbons (Fsp3) is 0.231. The lowest BCUT2D eigenvalue weighted by Crippen LogP contribution is -2.15. The molecule has 5 heteroatoms. The molecule has 94 valence electrons. The normalized spacial score (nSPS) is 12.1. The Balaban J connectivity index is 2.20. The number of aryl methyl sites for hydroxylation is 1. The molecule has 1 aromatic heterocycles. The second-order valence-corrected chi connectivity index (χ2v) is 4.02. The minimum atomic E-state index is -0.767. The van der Waals surface area contributed by atoms with Crippen LogP contribution in [0.5, 0.6) is 0 Å². The number of hydrogen-bond acceptors (Lipinski definition) is 3. The topological polar surface area (TPSA) is 70.1 Å². The molecule has 2 N–H and O–H groups in total. The SMILES string of the molecule is Cc1nccn1-c1ccc(C(C)OC(N)=O)cc1. The van der Waals surface area contributed by atoms with E-state index in [0.717, 1.165) is 17.1 Å². The molecule has 2 rings (SSSR count). The van der Waals surface area contributed by atoms with E-state index in [1.165, 1.54) is 0 Å². The Morgan fingerprint density at radius 3 is 2.56 bits per heavy atom. The molecule has 1 unspecified atom stereocenters. The van der Waals surface area contributed by atoms with Gasteiger partial charge in [0.25, 0.3) is 0 Å². The summed E-state index contributed by atoms with van der Waals surface area (Å²) in [6, 6.07) is 7.71. The average Bonchev–Trinajstić information content (AvgIpc) is 2.75. The Morgan fingerprint density at radius 1 is 1.39 bits per heavy atom. The van der Waals surface area contributed by atoms with Crippen molar-refractivity contribution in [3.05, 3.63) is 48.0 Å². The maximum atomic E-state index is 10.7. The van der Waals surface area contributed by atoms with Crippen molar-refractivity contribution < 1.29 is 9.53 Å². The van der Waals surface area contributed by atoms with E-state index >= 15 is 0 Å². The van der Waals surface area contributed by atoms with Crippen LogP contribution in [-0.4, -0.2) is 15.6 Å². The summed E-state index contributed by atoms with van der Waals surface area (Å²) in [6.45, 7) is 3.72. The van der Waals surface area contributed by atoms with Gasteiger partial charge in [-0.1, -0.05) is 12.1 Å². The van der Waals surface area contributed by atoms with Gasteiger partial charge in [0.15, 0.2) is 0 Å². The molecule has 0 aliphatic carbocycles. The van der Waals surface area contributed by atoms with E-state index in [0.29, 0.717) is 0 Å². The van der Waals surface area contributed by atoms with Crippen LogP contribution in [0.4, 0.5) is 4.79 Å². The molecule has 1 aromatic carbocycles. The lowest BCUT2D eigenvalue weighted by atomic mass is 10.1. The highest BCUT2D eigenvalue weighted by atomic mass is 16.6. The van der Waals surface area contributed by atoms with Crippen molar-refractivity contribution in [1.82, 2.24) is 9.55 Å². The third-order valence-electron chi connectivity index (χ3n) is 2.76. The molecule has 1 atom stereocenters. The largest absolute Gasteiger partial charge is 0.442 e. The number of carbonyl (C=O) groups excluding carboxylic acids is 1. The molecule has 0 aliphatic rings. The molecular formula is C13H15N3O2. The summed E-state index contributed by atoms with van der Waals surface area (Å²) in [5, 5.41) is 0. The van der Waals surface area contributed by atoms with Crippen LogP contribution in [0.1, 0.15) is 24.4 Å².